The van der Waals surface area contributed by atoms with Crippen molar-refractivity contribution in [2.45, 2.75) is 50.3 Å². The van der Waals surface area contributed by atoms with Crippen LogP contribution in [0.2, 0.25) is 0 Å². The van der Waals surface area contributed by atoms with Crippen LogP contribution in [0.5, 0.6) is 0 Å². The minimum atomic E-state index is -3.57. The van der Waals surface area contributed by atoms with Crippen molar-refractivity contribution in [3.63, 3.8) is 0 Å². The zero-order valence-electron chi connectivity index (χ0n) is 12.2. The molecule has 0 unspecified atom stereocenters. The molecule has 0 aliphatic heterocycles. The van der Waals surface area contributed by atoms with Crippen molar-refractivity contribution >= 4 is 26.0 Å². The first kappa shape index (κ1) is 17.0. The van der Waals surface area contributed by atoms with E-state index in [9.17, 15) is 8.42 Å². The summed E-state index contributed by atoms with van der Waals surface area (Å²) < 4.78 is 38.5. The first-order chi connectivity index (χ1) is 9.96. The topological polar surface area (TPSA) is 80.6 Å². The molecule has 2 rings (SSSR count). The molecule has 2 N–H and O–H groups in total. The highest BCUT2D eigenvalue weighted by molar-refractivity contribution is 9.10. The van der Waals surface area contributed by atoms with Gasteiger partial charge in [-0.05, 0) is 42.2 Å². The molecule has 8 heteroatoms. The van der Waals surface area contributed by atoms with Crippen LogP contribution in [-0.2, 0) is 21.3 Å². The monoisotopic (exact) mass is 380 g/mol. The fourth-order valence-corrected chi connectivity index (χ4v) is 4.49. The summed E-state index contributed by atoms with van der Waals surface area (Å²) in [5.74, 6) is 0.588. The highest BCUT2D eigenvalue weighted by Crippen LogP contribution is 2.29. The fourth-order valence-electron chi connectivity index (χ4n) is 2.23. The average Bonchev–Trinajstić information content (AvgIpc) is 2.76. The highest BCUT2D eigenvalue weighted by atomic mass is 79.9. The summed E-state index contributed by atoms with van der Waals surface area (Å²) in [5, 5.41) is 3.09. The lowest BCUT2D eigenvalue weighted by molar-refractivity contribution is -0.00476. The number of furan rings is 1. The number of halogens is 1. The van der Waals surface area contributed by atoms with Crippen LogP contribution in [0, 0.1) is 0 Å². The lowest BCUT2D eigenvalue weighted by atomic mass is 9.90. The van der Waals surface area contributed by atoms with E-state index in [0.717, 1.165) is 6.54 Å². The number of sulfonamides is 1. The van der Waals surface area contributed by atoms with E-state index in [2.05, 4.69) is 26.0 Å². The quantitative estimate of drug-likeness (QED) is 0.720. The standard InChI is InChI=1S/C13H21BrN2O4S/c1-3-15-8-11-7-12(13(14)20-11)21(17,18)16-9-5-10(6-9)19-4-2/h7,9-10,15-16H,3-6,8H2,1-2H3. The van der Waals surface area contributed by atoms with E-state index in [-0.39, 0.29) is 21.7 Å². The molecule has 0 atom stereocenters. The third-order valence-corrected chi connectivity index (χ3v) is 5.74. The lowest BCUT2D eigenvalue weighted by Crippen LogP contribution is -2.47. The second-order valence-corrected chi connectivity index (χ2v) is 7.40. The Morgan fingerprint density at radius 1 is 1.43 bits per heavy atom. The maximum atomic E-state index is 12.3. The average molecular weight is 381 g/mol. The SMILES string of the molecule is CCNCc1cc(S(=O)(=O)NC2CC(OCC)C2)c(Br)o1. The molecular formula is C13H21BrN2O4S. The van der Waals surface area contributed by atoms with E-state index in [1.54, 1.807) is 6.07 Å². The summed E-state index contributed by atoms with van der Waals surface area (Å²) in [6.07, 6.45) is 1.60. The molecule has 1 aliphatic rings. The van der Waals surface area contributed by atoms with Crippen molar-refractivity contribution in [2.75, 3.05) is 13.2 Å². The zero-order valence-corrected chi connectivity index (χ0v) is 14.6. The Hall–Kier alpha value is -0.410. The minimum Gasteiger partial charge on any atom is -0.452 e. The molecule has 0 spiro atoms. The van der Waals surface area contributed by atoms with Gasteiger partial charge in [0.1, 0.15) is 10.7 Å². The van der Waals surface area contributed by atoms with Crippen molar-refractivity contribution in [3.8, 4) is 0 Å². The predicted octanol–water partition coefficient (Wildman–Crippen LogP) is 2.00. The molecule has 0 aromatic carbocycles. The number of nitrogens with one attached hydrogen (secondary N) is 2. The van der Waals surface area contributed by atoms with Gasteiger partial charge in [0, 0.05) is 18.7 Å². The smallest absolute Gasteiger partial charge is 0.245 e. The molecule has 0 radical (unpaired) electrons. The summed E-state index contributed by atoms with van der Waals surface area (Å²) in [6.45, 7) is 5.86. The Bertz CT molecular complexity index is 567. The fraction of sp³-hybridized carbons (Fsp3) is 0.692. The van der Waals surface area contributed by atoms with Crippen LogP contribution in [0.1, 0.15) is 32.4 Å². The van der Waals surface area contributed by atoms with Crippen molar-refractivity contribution in [3.05, 3.63) is 16.5 Å². The summed E-state index contributed by atoms with van der Waals surface area (Å²) in [4.78, 5) is 0.148. The number of hydrogen-bond acceptors (Lipinski definition) is 5. The van der Waals surface area contributed by atoms with E-state index >= 15 is 0 Å². The van der Waals surface area contributed by atoms with Crippen LogP contribution >= 0.6 is 15.9 Å². The molecule has 1 fully saturated rings. The van der Waals surface area contributed by atoms with Crippen LogP contribution in [0.25, 0.3) is 0 Å². The Kier molecular flexibility index (Phi) is 5.84. The van der Waals surface area contributed by atoms with Crippen molar-refractivity contribution in [1.82, 2.24) is 10.0 Å². The van der Waals surface area contributed by atoms with Crippen molar-refractivity contribution in [2.24, 2.45) is 0 Å². The minimum absolute atomic E-state index is 0.0643. The molecule has 120 valence electrons. The summed E-state index contributed by atoms with van der Waals surface area (Å²) in [6, 6.07) is 1.49. The molecule has 0 amide bonds. The lowest BCUT2D eigenvalue weighted by Gasteiger charge is -2.34. The molecule has 21 heavy (non-hydrogen) atoms. The Balaban J connectivity index is 1.98. The van der Waals surface area contributed by atoms with Crippen molar-refractivity contribution in [1.29, 1.82) is 0 Å². The van der Waals surface area contributed by atoms with Gasteiger partial charge in [0.15, 0.2) is 4.67 Å². The third kappa shape index (κ3) is 4.29. The van der Waals surface area contributed by atoms with Gasteiger partial charge in [-0.1, -0.05) is 6.92 Å². The largest absolute Gasteiger partial charge is 0.452 e. The second-order valence-electron chi connectivity index (χ2n) is 5.00. The van der Waals surface area contributed by atoms with Gasteiger partial charge in [-0.15, -0.1) is 0 Å². The van der Waals surface area contributed by atoms with Gasteiger partial charge < -0.3 is 14.5 Å². The summed E-state index contributed by atoms with van der Waals surface area (Å²) in [5.41, 5.74) is 0. The van der Waals surface area contributed by atoms with Crippen molar-refractivity contribution < 1.29 is 17.6 Å². The first-order valence-corrected chi connectivity index (χ1v) is 9.36. The van der Waals surface area contributed by atoms with Gasteiger partial charge in [0.2, 0.25) is 10.0 Å². The molecule has 1 aromatic heterocycles. The maximum absolute atomic E-state index is 12.3. The molecule has 0 bridgehead atoms. The second kappa shape index (κ2) is 7.23. The Labute approximate surface area is 133 Å². The van der Waals surface area contributed by atoms with Gasteiger partial charge >= 0.3 is 0 Å². The van der Waals surface area contributed by atoms with Crippen LogP contribution in [-0.4, -0.2) is 33.7 Å². The maximum Gasteiger partial charge on any atom is 0.245 e. The van der Waals surface area contributed by atoms with Crippen LogP contribution in [0.3, 0.4) is 0 Å². The van der Waals surface area contributed by atoms with Crippen LogP contribution in [0.15, 0.2) is 20.0 Å². The predicted molar refractivity (Wildman–Crippen MR) is 82.5 cm³/mol. The molecule has 1 saturated carbocycles. The van der Waals surface area contributed by atoms with Gasteiger partial charge in [-0.25, -0.2) is 13.1 Å². The van der Waals surface area contributed by atoms with E-state index in [1.807, 2.05) is 13.8 Å². The van der Waals surface area contributed by atoms with Gasteiger partial charge in [0.25, 0.3) is 0 Å². The molecule has 1 aliphatic carbocycles. The Morgan fingerprint density at radius 2 is 2.14 bits per heavy atom. The molecule has 6 nitrogen and oxygen atoms in total. The van der Waals surface area contributed by atoms with E-state index in [0.29, 0.717) is 31.8 Å². The highest BCUT2D eigenvalue weighted by Gasteiger charge is 2.34. The Morgan fingerprint density at radius 3 is 2.76 bits per heavy atom. The number of rotatable bonds is 8. The first-order valence-electron chi connectivity index (χ1n) is 7.09. The zero-order chi connectivity index (χ0) is 15.5. The van der Waals surface area contributed by atoms with E-state index in [4.69, 9.17) is 9.15 Å². The van der Waals surface area contributed by atoms with E-state index < -0.39 is 10.0 Å². The molecule has 1 heterocycles. The van der Waals surface area contributed by atoms with Gasteiger partial charge in [-0.3, -0.25) is 0 Å². The van der Waals surface area contributed by atoms with Crippen LogP contribution in [0.4, 0.5) is 0 Å². The van der Waals surface area contributed by atoms with Gasteiger partial charge in [-0.2, -0.15) is 0 Å². The molecule has 1 aromatic rings. The molecular weight excluding hydrogens is 360 g/mol. The number of hydrogen-bond donors (Lipinski definition) is 2. The molecule has 0 saturated heterocycles. The summed E-state index contributed by atoms with van der Waals surface area (Å²) in [7, 11) is -3.57. The normalized spacial score (nSPS) is 22.2. The van der Waals surface area contributed by atoms with Gasteiger partial charge in [0.05, 0.1) is 12.6 Å². The van der Waals surface area contributed by atoms with Crippen LogP contribution < -0.4 is 10.0 Å². The third-order valence-electron chi connectivity index (χ3n) is 3.36. The van der Waals surface area contributed by atoms with E-state index in [1.165, 1.54) is 0 Å². The number of ether oxygens (including phenoxy) is 1. The summed E-state index contributed by atoms with van der Waals surface area (Å²) >= 11 is 3.17.